The molecule has 0 bridgehead atoms. The molecule has 2 unspecified atom stereocenters. The van der Waals surface area contributed by atoms with Crippen molar-refractivity contribution in [1.82, 2.24) is 5.01 Å². The van der Waals surface area contributed by atoms with Crippen molar-refractivity contribution in [1.29, 1.82) is 0 Å². The molecule has 2 aromatic carbocycles. The average molecular weight is 356 g/mol. The molecule has 1 aliphatic rings. The molecule has 0 spiro atoms. The summed E-state index contributed by atoms with van der Waals surface area (Å²) in [5.74, 6) is 0. The Morgan fingerprint density at radius 1 is 1.24 bits per heavy atom. The normalized spacial score (nSPS) is 22.1. The Morgan fingerprint density at radius 2 is 1.96 bits per heavy atom. The smallest absolute Gasteiger partial charge is 0.144 e. The molecule has 1 aliphatic heterocycles. The van der Waals surface area contributed by atoms with E-state index in [0.29, 0.717) is 11.6 Å². The van der Waals surface area contributed by atoms with Gasteiger partial charge in [-0.3, -0.25) is 10.0 Å². The predicted octanol–water partition coefficient (Wildman–Crippen LogP) is 4.44. The first-order valence-electron chi connectivity index (χ1n) is 8.32. The van der Waals surface area contributed by atoms with Crippen LogP contribution in [0.3, 0.4) is 0 Å². The molecule has 4 nitrogen and oxygen atoms in total. The molecule has 2 aromatic rings. The summed E-state index contributed by atoms with van der Waals surface area (Å²) in [6.07, 6.45) is 2.54. The van der Waals surface area contributed by atoms with Gasteiger partial charge in [-0.05, 0) is 23.6 Å². The van der Waals surface area contributed by atoms with E-state index >= 15 is 0 Å². The Hall–Kier alpha value is -2.17. The van der Waals surface area contributed by atoms with Crippen LogP contribution in [-0.2, 0) is 16.8 Å². The number of ether oxygens (including phenoxy) is 1. The van der Waals surface area contributed by atoms with Gasteiger partial charge in [0.2, 0.25) is 0 Å². The summed E-state index contributed by atoms with van der Waals surface area (Å²) in [6, 6.07) is 16.3. The fraction of sp³-hybridized carbons (Fsp3) is 0.300. The van der Waals surface area contributed by atoms with Crippen LogP contribution in [0.25, 0.3) is 0 Å². The second-order valence-electron chi connectivity index (χ2n) is 6.07. The van der Waals surface area contributed by atoms with Gasteiger partial charge in [0.1, 0.15) is 18.0 Å². The van der Waals surface area contributed by atoms with E-state index in [-0.39, 0.29) is 6.10 Å². The fourth-order valence-corrected chi connectivity index (χ4v) is 3.37. The largest absolute Gasteiger partial charge is 0.354 e. The van der Waals surface area contributed by atoms with E-state index in [1.54, 1.807) is 18.4 Å². The van der Waals surface area contributed by atoms with Crippen LogP contribution in [0.2, 0.25) is 5.02 Å². The molecule has 0 aromatic heterocycles. The molecular formula is C20H22ClN3O. The van der Waals surface area contributed by atoms with E-state index < -0.39 is 5.60 Å². The van der Waals surface area contributed by atoms with Crippen LogP contribution in [0.4, 0.5) is 0 Å². The summed E-state index contributed by atoms with van der Waals surface area (Å²) < 4.78 is 6.23. The van der Waals surface area contributed by atoms with Gasteiger partial charge >= 0.3 is 0 Å². The van der Waals surface area contributed by atoms with E-state index in [9.17, 15) is 0 Å². The molecule has 2 atom stereocenters. The van der Waals surface area contributed by atoms with Crippen LogP contribution in [0.5, 0.6) is 0 Å². The first-order chi connectivity index (χ1) is 12.1. The van der Waals surface area contributed by atoms with Gasteiger partial charge in [-0.2, -0.15) is 5.10 Å². The summed E-state index contributed by atoms with van der Waals surface area (Å²) in [6.45, 7) is 6.30. The van der Waals surface area contributed by atoms with Gasteiger partial charge in [0.05, 0.1) is 6.54 Å². The lowest BCUT2D eigenvalue weighted by Gasteiger charge is -2.20. The van der Waals surface area contributed by atoms with Crippen LogP contribution in [-0.4, -0.2) is 31.7 Å². The molecule has 0 aliphatic carbocycles. The molecule has 5 heteroatoms. The lowest BCUT2D eigenvalue weighted by molar-refractivity contribution is 0.249. The highest BCUT2D eigenvalue weighted by Crippen LogP contribution is 2.58. The minimum atomic E-state index is -0.514. The Morgan fingerprint density at radius 3 is 2.56 bits per heavy atom. The number of halogens is 1. The van der Waals surface area contributed by atoms with Gasteiger partial charge in [-0.1, -0.05) is 61.0 Å². The Labute approximate surface area is 153 Å². The third-order valence-corrected chi connectivity index (χ3v) is 4.90. The van der Waals surface area contributed by atoms with Gasteiger partial charge in [-0.25, -0.2) is 0 Å². The maximum Gasteiger partial charge on any atom is 0.144 e. The molecular weight excluding hydrogens is 334 g/mol. The Bertz CT molecular complexity index is 775. The van der Waals surface area contributed by atoms with Crippen molar-refractivity contribution in [2.75, 3.05) is 13.6 Å². The summed E-state index contributed by atoms with van der Waals surface area (Å²) in [5, 5.41) is 6.44. The van der Waals surface area contributed by atoms with E-state index in [1.165, 1.54) is 5.56 Å². The molecule has 0 saturated carbocycles. The van der Waals surface area contributed by atoms with Gasteiger partial charge in [0.15, 0.2) is 0 Å². The van der Waals surface area contributed by atoms with E-state index in [0.717, 1.165) is 17.5 Å². The average Bonchev–Trinajstić information content (AvgIpc) is 3.37. The zero-order valence-corrected chi connectivity index (χ0v) is 15.3. The van der Waals surface area contributed by atoms with Crippen molar-refractivity contribution in [3.63, 3.8) is 0 Å². The van der Waals surface area contributed by atoms with E-state index in [1.807, 2.05) is 24.3 Å². The number of aryl methyl sites for hydroxylation is 1. The van der Waals surface area contributed by atoms with Gasteiger partial charge < -0.3 is 4.74 Å². The predicted molar refractivity (Wildman–Crippen MR) is 103 cm³/mol. The summed E-state index contributed by atoms with van der Waals surface area (Å²) in [5.41, 5.74) is 2.87. The van der Waals surface area contributed by atoms with Crippen LogP contribution in [0, 0.1) is 0 Å². The number of aliphatic imine (C=N–C) groups is 1. The van der Waals surface area contributed by atoms with Crippen LogP contribution in [0.1, 0.15) is 29.7 Å². The number of nitrogens with zero attached hydrogens (tertiary/aromatic N) is 3. The third-order valence-electron chi connectivity index (χ3n) is 4.56. The zero-order valence-electron chi connectivity index (χ0n) is 14.5. The second-order valence-corrected chi connectivity index (χ2v) is 6.48. The first-order valence-corrected chi connectivity index (χ1v) is 8.69. The van der Waals surface area contributed by atoms with Crippen molar-refractivity contribution in [2.45, 2.75) is 25.0 Å². The summed E-state index contributed by atoms with van der Waals surface area (Å²) in [4.78, 5) is 4.04. The maximum atomic E-state index is 6.40. The number of hydrogen-bond acceptors (Lipinski definition) is 3. The van der Waals surface area contributed by atoms with Crippen molar-refractivity contribution >= 4 is 24.7 Å². The van der Waals surface area contributed by atoms with Crippen LogP contribution < -0.4 is 0 Å². The van der Waals surface area contributed by atoms with Gasteiger partial charge in [0, 0.05) is 24.4 Å². The first kappa shape index (κ1) is 17.6. The monoisotopic (exact) mass is 355 g/mol. The number of rotatable bonds is 7. The minimum absolute atomic E-state index is 0.122. The van der Waals surface area contributed by atoms with E-state index in [2.05, 4.69) is 48.0 Å². The highest BCUT2D eigenvalue weighted by Gasteiger charge is 2.59. The van der Waals surface area contributed by atoms with Crippen molar-refractivity contribution in [3.05, 3.63) is 70.2 Å². The molecule has 0 N–H and O–H groups in total. The molecule has 1 saturated heterocycles. The molecule has 1 heterocycles. The highest BCUT2D eigenvalue weighted by molar-refractivity contribution is 6.31. The standard InChI is InChI=1S/C20H22ClN3O/c1-4-15-9-11-16(12-10-15)20(13-24(23-3)14-22-2)19(25-20)17-7-5-6-8-18(17)21/h5-12,14,19H,3-4,13H2,1-2H3. The zero-order chi connectivity index (χ0) is 17.9. The topological polar surface area (TPSA) is 40.5 Å². The number of hydrogen-bond donors (Lipinski definition) is 0. The second kappa shape index (κ2) is 7.38. The summed E-state index contributed by atoms with van der Waals surface area (Å²) >= 11 is 6.40. The molecule has 130 valence electrons. The Kier molecular flexibility index (Phi) is 5.21. The van der Waals surface area contributed by atoms with Gasteiger partial charge in [0.25, 0.3) is 0 Å². The Balaban J connectivity index is 1.98. The summed E-state index contributed by atoms with van der Waals surface area (Å²) in [7, 11) is 1.71. The minimum Gasteiger partial charge on any atom is -0.354 e. The van der Waals surface area contributed by atoms with Crippen LogP contribution >= 0.6 is 11.6 Å². The SMILES string of the molecule is C=NN(C=NC)CC1(c2ccc(CC)cc2)OC1c1ccccc1Cl. The molecule has 3 rings (SSSR count). The maximum absolute atomic E-state index is 6.40. The van der Waals surface area contributed by atoms with Crippen molar-refractivity contribution in [2.24, 2.45) is 10.1 Å². The number of benzene rings is 2. The molecule has 0 radical (unpaired) electrons. The van der Waals surface area contributed by atoms with E-state index in [4.69, 9.17) is 16.3 Å². The molecule has 25 heavy (non-hydrogen) atoms. The highest BCUT2D eigenvalue weighted by atomic mass is 35.5. The molecule has 0 amide bonds. The van der Waals surface area contributed by atoms with Gasteiger partial charge in [-0.15, -0.1) is 0 Å². The quantitative estimate of drug-likeness (QED) is 0.319. The number of epoxide rings is 1. The number of hydrazone groups is 1. The van der Waals surface area contributed by atoms with Crippen molar-refractivity contribution in [3.8, 4) is 0 Å². The third kappa shape index (κ3) is 3.46. The fourth-order valence-electron chi connectivity index (χ4n) is 3.13. The lowest BCUT2D eigenvalue weighted by atomic mass is 9.90. The molecule has 1 fully saturated rings. The van der Waals surface area contributed by atoms with Crippen molar-refractivity contribution < 1.29 is 4.74 Å². The lowest BCUT2D eigenvalue weighted by Crippen LogP contribution is -2.29. The van der Waals surface area contributed by atoms with Crippen LogP contribution in [0.15, 0.2) is 58.6 Å².